The summed E-state index contributed by atoms with van der Waals surface area (Å²) in [6.07, 6.45) is 1.68. The lowest BCUT2D eigenvalue weighted by molar-refractivity contribution is -0.139. The van der Waals surface area contributed by atoms with Crippen molar-refractivity contribution in [1.29, 1.82) is 0 Å². The molecule has 1 aliphatic rings. The van der Waals surface area contributed by atoms with E-state index in [4.69, 9.17) is 20.9 Å². The molecule has 1 aromatic heterocycles. The van der Waals surface area contributed by atoms with Gasteiger partial charge in [-0.25, -0.2) is 4.79 Å². The predicted octanol–water partition coefficient (Wildman–Crippen LogP) is 5.96. The minimum atomic E-state index is -0.822. The number of aryl methyl sites for hydroxylation is 1. The Labute approximate surface area is 208 Å². The van der Waals surface area contributed by atoms with Crippen molar-refractivity contribution in [3.63, 3.8) is 0 Å². The summed E-state index contributed by atoms with van der Waals surface area (Å²) in [5.74, 6) is 0.101. The van der Waals surface area contributed by atoms with Gasteiger partial charge in [-0.2, -0.15) is 0 Å². The molecule has 3 N–H and O–H groups in total. The number of nitrogens with one attached hydrogen (secondary N) is 2. The number of hydrogen-bond acceptors (Lipinski definition) is 6. The van der Waals surface area contributed by atoms with Gasteiger partial charge in [0, 0.05) is 22.7 Å². The van der Waals surface area contributed by atoms with Gasteiger partial charge in [0.25, 0.3) is 0 Å². The number of carbonyl (C=O) groups excluding carboxylic acids is 1. The van der Waals surface area contributed by atoms with Crippen LogP contribution in [0.1, 0.15) is 49.1 Å². The monoisotopic (exact) mass is 497 g/mol. The number of carbonyl (C=O) groups is 2. The lowest BCUT2D eigenvalue weighted by Gasteiger charge is -2.15. The molecule has 4 rings (SSSR count). The first-order valence-corrected chi connectivity index (χ1v) is 11.9. The van der Waals surface area contributed by atoms with Gasteiger partial charge in [0.1, 0.15) is 23.5 Å². The summed E-state index contributed by atoms with van der Waals surface area (Å²) in [6.45, 7) is 3.91. The zero-order valence-corrected chi connectivity index (χ0v) is 20.3. The highest BCUT2D eigenvalue weighted by molar-refractivity contribution is 6.31. The first kappa shape index (κ1) is 24.8. The second-order valence-corrected chi connectivity index (χ2v) is 9.22. The van der Waals surface area contributed by atoms with E-state index < -0.39 is 24.2 Å². The predicted molar refractivity (Wildman–Crippen MR) is 132 cm³/mol. The van der Waals surface area contributed by atoms with Crippen molar-refractivity contribution in [2.45, 2.75) is 51.8 Å². The minimum Gasteiger partial charge on any atom is -0.480 e. The van der Waals surface area contributed by atoms with Gasteiger partial charge >= 0.3 is 12.1 Å². The SMILES string of the molecule is Cc1noc(-c2ccc(CNC(CC3CC3)C(=O)O)cc2)c1NC(=O)OC(C)c1ccccc1Cl. The van der Waals surface area contributed by atoms with Crippen LogP contribution in [0.15, 0.2) is 53.1 Å². The third-order valence-electron chi connectivity index (χ3n) is 6.05. The van der Waals surface area contributed by atoms with Crippen LogP contribution in [-0.4, -0.2) is 28.4 Å². The lowest BCUT2D eigenvalue weighted by atomic mass is 10.1. The molecular formula is C26H28ClN3O5. The highest BCUT2D eigenvalue weighted by Crippen LogP contribution is 2.34. The molecule has 35 heavy (non-hydrogen) atoms. The van der Waals surface area contributed by atoms with E-state index in [9.17, 15) is 14.7 Å². The largest absolute Gasteiger partial charge is 0.480 e. The maximum absolute atomic E-state index is 12.6. The van der Waals surface area contributed by atoms with Crippen molar-refractivity contribution < 1.29 is 24.0 Å². The average molecular weight is 498 g/mol. The lowest BCUT2D eigenvalue weighted by Crippen LogP contribution is -2.36. The van der Waals surface area contributed by atoms with E-state index in [1.165, 1.54) is 0 Å². The van der Waals surface area contributed by atoms with Crippen molar-refractivity contribution in [1.82, 2.24) is 10.5 Å². The Hall–Kier alpha value is -3.36. The number of carboxylic acid groups (broad SMARTS) is 1. The third-order valence-corrected chi connectivity index (χ3v) is 6.39. The molecule has 1 fully saturated rings. The molecule has 2 unspecified atom stereocenters. The normalized spacial score (nSPS) is 14.8. The Bertz CT molecular complexity index is 1190. The van der Waals surface area contributed by atoms with Crippen LogP contribution < -0.4 is 10.6 Å². The molecule has 8 nitrogen and oxygen atoms in total. The summed E-state index contributed by atoms with van der Waals surface area (Å²) in [5.41, 5.74) is 3.30. The molecule has 0 spiro atoms. The minimum absolute atomic E-state index is 0.404. The number of halogens is 1. The number of rotatable bonds is 10. The van der Waals surface area contributed by atoms with Gasteiger partial charge in [0.15, 0.2) is 5.76 Å². The highest BCUT2D eigenvalue weighted by Gasteiger charge is 2.29. The molecule has 0 radical (unpaired) electrons. The smallest absolute Gasteiger partial charge is 0.412 e. The zero-order chi connectivity index (χ0) is 24.9. The average Bonchev–Trinajstić information content (AvgIpc) is 3.59. The van der Waals surface area contributed by atoms with Crippen LogP contribution in [0.25, 0.3) is 11.3 Å². The van der Waals surface area contributed by atoms with E-state index in [0.29, 0.717) is 46.6 Å². The number of carboxylic acids is 1. The summed E-state index contributed by atoms with van der Waals surface area (Å²) in [6, 6.07) is 14.1. The fourth-order valence-electron chi connectivity index (χ4n) is 3.85. The van der Waals surface area contributed by atoms with E-state index in [2.05, 4.69) is 15.8 Å². The van der Waals surface area contributed by atoms with Crippen molar-refractivity contribution in [3.05, 3.63) is 70.4 Å². The molecule has 1 amide bonds. The topological polar surface area (TPSA) is 114 Å². The maximum Gasteiger partial charge on any atom is 0.412 e. The molecule has 0 aliphatic heterocycles. The van der Waals surface area contributed by atoms with Crippen molar-refractivity contribution >= 4 is 29.4 Å². The molecule has 2 atom stereocenters. The van der Waals surface area contributed by atoms with Crippen molar-refractivity contribution in [2.24, 2.45) is 5.92 Å². The van der Waals surface area contributed by atoms with Crippen molar-refractivity contribution in [2.75, 3.05) is 5.32 Å². The van der Waals surface area contributed by atoms with Crippen LogP contribution in [0.2, 0.25) is 5.02 Å². The Balaban J connectivity index is 1.39. The van der Waals surface area contributed by atoms with Gasteiger partial charge in [-0.3, -0.25) is 10.1 Å². The van der Waals surface area contributed by atoms with Gasteiger partial charge in [0.2, 0.25) is 0 Å². The third kappa shape index (κ3) is 6.41. The molecule has 9 heteroatoms. The van der Waals surface area contributed by atoms with Crippen molar-refractivity contribution in [3.8, 4) is 11.3 Å². The summed E-state index contributed by atoms with van der Waals surface area (Å²) in [7, 11) is 0. The zero-order valence-electron chi connectivity index (χ0n) is 19.6. The number of aromatic nitrogens is 1. The summed E-state index contributed by atoms with van der Waals surface area (Å²) in [5, 5.41) is 19.8. The number of nitrogens with zero attached hydrogens (tertiary/aromatic N) is 1. The van der Waals surface area contributed by atoms with E-state index in [-0.39, 0.29) is 0 Å². The van der Waals surface area contributed by atoms with Gasteiger partial charge in [0.05, 0.1) is 0 Å². The molecule has 184 valence electrons. The summed E-state index contributed by atoms with van der Waals surface area (Å²) >= 11 is 6.20. The quantitative estimate of drug-likeness (QED) is 0.317. The first-order valence-electron chi connectivity index (χ1n) is 11.6. The fourth-order valence-corrected chi connectivity index (χ4v) is 4.14. The Morgan fingerprint density at radius 2 is 1.91 bits per heavy atom. The molecule has 1 aliphatic carbocycles. The van der Waals surface area contributed by atoms with Crippen LogP contribution in [0.3, 0.4) is 0 Å². The Morgan fingerprint density at radius 1 is 1.20 bits per heavy atom. The van der Waals surface area contributed by atoms with E-state index in [1.54, 1.807) is 26.0 Å². The number of ether oxygens (including phenoxy) is 1. The van der Waals surface area contributed by atoms with Crippen LogP contribution in [0.5, 0.6) is 0 Å². The van der Waals surface area contributed by atoms with E-state index in [0.717, 1.165) is 24.0 Å². The number of anilines is 1. The summed E-state index contributed by atoms with van der Waals surface area (Å²) in [4.78, 5) is 24.1. The summed E-state index contributed by atoms with van der Waals surface area (Å²) < 4.78 is 11.0. The second kappa shape index (κ2) is 10.9. The van der Waals surface area contributed by atoms with Gasteiger partial charge in [-0.1, -0.05) is 72.1 Å². The van der Waals surface area contributed by atoms with Crippen LogP contribution in [0.4, 0.5) is 10.5 Å². The van der Waals surface area contributed by atoms with Crippen LogP contribution in [-0.2, 0) is 16.1 Å². The van der Waals surface area contributed by atoms with E-state index in [1.807, 2.05) is 36.4 Å². The van der Waals surface area contributed by atoms with Gasteiger partial charge in [-0.15, -0.1) is 0 Å². The van der Waals surface area contributed by atoms with Gasteiger partial charge < -0.3 is 19.7 Å². The molecular weight excluding hydrogens is 470 g/mol. The van der Waals surface area contributed by atoms with Gasteiger partial charge in [-0.05, 0) is 37.8 Å². The number of hydrogen-bond donors (Lipinski definition) is 3. The molecule has 0 saturated heterocycles. The fraction of sp³-hybridized carbons (Fsp3) is 0.346. The first-order chi connectivity index (χ1) is 16.8. The van der Waals surface area contributed by atoms with Crippen LogP contribution >= 0.6 is 11.6 Å². The molecule has 2 aromatic carbocycles. The molecule has 1 heterocycles. The second-order valence-electron chi connectivity index (χ2n) is 8.81. The highest BCUT2D eigenvalue weighted by atomic mass is 35.5. The molecule has 3 aromatic rings. The molecule has 1 saturated carbocycles. The van der Waals surface area contributed by atoms with E-state index >= 15 is 0 Å². The number of aliphatic carboxylic acids is 1. The number of amides is 1. The molecule has 0 bridgehead atoms. The number of benzene rings is 2. The maximum atomic E-state index is 12.6. The standard InChI is InChI=1S/C26H28ClN3O5/c1-15-23(29-26(33)34-16(2)20-5-3-4-6-21(20)27)24(35-30-15)19-11-9-18(10-12-19)14-28-22(25(31)32)13-17-7-8-17/h3-6,9-12,16-17,22,28H,7-8,13-14H2,1-2H3,(H,29,33)(H,31,32). The Kier molecular flexibility index (Phi) is 7.73. The Morgan fingerprint density at radius 3 is 2.57 bits per heavy atom. The van der Waals surface area contributed by atoms with Crippen LogP contribution in [0, 0.1) is 12.8 Å².